The van der Waals surface area contributed by atoms with E-state index in [0.717, 1.165) is 0 Å². The van der Waals surface area contributed by atoms with Crippen LogP contribution in [0.5, 0.6) is 0 Å². The SMILES string of the molecule is CCCCCCCCCCCCCCCCC1N(CCCCCCCCC)C=CN1CCCCCCCCCCC. The van der Waals surface area contributed by atoms with Gasteiger partial charge in [-0.3, -0.25) is 0 Å². The zero-order valence-corrected chi connectivity index (χ0v) is 29.0. The third-order valence-corrected chi connectivity index (χ3v) is 9.57. The molecule has 1 unspecified atom stereocenters. The first kappa shape index (κ1) is 38.4. The third-order valence-electron chi connectivity index (χ3n) is 9.57. The van der Waals surface area contributed by atoms with E-state index in [1.807, 2.05) is 0 Å². The second-order valence-corrected chi connectivity index (χ2v) is 13.6. The first-order valence-corrected chi connectivity index (χ1v) is 19.5. The van der Waals surface area contributed by atoms with Crippen molar-refractivity contribution in [3.8, 4) is 0 Å². The second kappa shape index (κ2) is 30.8. The molecular formula is C39H78N2. The summed E-state index contributed by atoms with van der Waals surface area (Å²) in [6, 6.07) is 0. The largest absolute Gasteiger partial charge is 0.356 e. The molecule has 244 valence electrons. The van der Waals surface area contributed by atoms with Crippen LogP contribution in [0.25, 0.3) is 0 Å². The Kier molecular flexibility index (Phi) is 28.8. The molecule has 0 aromatic heterocycles. The van der Waals surface area contributed by atoms with Crippen molar-refractivity contribution >= 4 is 0 Å². The molecule has 2 nitrogen and oxygen atoms in total. The van der Waals surface area contributed by atoms with Gasteiger partial charge in [0.05, 0.1) is 0 Å². The molecule has 1 atom stereocenters. The van der Waals surface area contributed by atoms with E-state index in [-0.39, 0.29) is 0 Å². The van der Waals surface area contributed by atoms with E-state index in [1.54, 1.807) is 0 Å². The Hall–Kier alpha value is -0.660. The van der Waals surface area contributed by atoms with Gasteiger partial charge in [0.1, 0.15) is 6.17 Å². The van der Waals surface area contributed by atoms with Crippen LogP contribution >= 0.6 is 0 Å². The Balaban J connectivity index is 2.20. The fourth-order valence-electron chi connectivity index (χ4n) is 6.72. The molecular weight excluding hydrogens is 496 g/mol. The molecule has 0 amide bonds. The Bertz CT molecular complexity index is 530. The van der Waals surface area contributed by atoms with Gasteiger partial charge < -0.3 is 9.80 Å². The van der Waals surface area contributed by atoms with Crippen molar-refractivity contribution in [3.63, 3.8) is 0 Å². The van der Waals surface area contributed by atoms with Crippen molar-refractivity contribution in [2.24, 2.45) is 0 Å². The van der Waals surface area contributed by atoms with Crippen LogP contribution in [0.15, 0.2) is 12.4 Å². The summed E-state index contributed by atoms with van der Waals surface area (Å²) in [5.74, 6) is 0. The van der Waals surface area contributed by atoms with Crippen LogP contribution in [-0.2, 0) is 0 Å². The van der Waals surface area contributed by atoms with Crippen molar-refractivity contribution < 1.29 is 0 Å². The van der Waals surface area contributed by atoms with Crippen molar-refractivity contribution in [1.29, 1.82) is 0 Å². The molecule has 0 radical (unpaired) electrons. The lowest BCUT2D eigenvalue weighted by molar-refractivity contribution is 0.135. The van der Waals surface area contributed by atoms with Gasteiger partial charge in [-0.25, -0.2) is 0 Å². The van der Waals surface area contributed by atoms with Gasteiger partial charge in [-0.05, 0) is 25.7 Å². The van der Waals surface area contributed by atoms with E-state index in [9.17, 15) is 0 Å². The fourth-order valence-corrected chi connectivity index (χ4v) is 6.72. The molecule has 1 aliphatic rings. The highest BCUT2D eigenvalue weighted by atomic mass is 15.4. The van der Waals surface area contributed by atoms with Crippen molar-refractivity contribution in [2.75, 3.05) is 13.1 Å². The molecule has 0 saturated carbocycles. The lowest BCUT2D eigenvalue weighted by Gasteiger charge is -2.33. The number of nitrogens with zero attached hydrogens (tertiary/aromatic N) is 2. The molecule has 1 heterocycles. The van der Waals surface area contributed by atoms with Gasteiger partial charge in [0.25, 0.3) is 0 Å². The Morgan fingerprint density at radius 2 is 0.561 bits per heavy atom. The van der Waals surface area contributed by atoms with Gasteiger partial charge in [-0.1, -0.05) is 194 Å². The van der Waals surface area contributed by atoms with Gasteiger partial charge >= 0.3 is 0 Å². The average Bonchev–Trinajstić information content (AvgIpc) is 3.37. The summed E-state index contributed by atoms with van der Waals surface area (Å²) in [5.41, 5.74) is 0. The van der Waals surface area contributed by atoms with E-state index in [2.05, 4.69) is 43.0 Å². The van der Waals surface area contributed by atoms with Gasteiger partial charge in [-0.2, -0.15) is 0 Å². The monoisotopic (exact) mass is 575 g/mol. The summed E-state index contributed by atoms with van der Waals surface area (Å²) in [5, 5.41) is 0. The first-order chi connectivity index (χ1) is 20.3. The van der Waals surface area contributed by atoms with Gasteiger partial charge in [-0.15, -0.1) is 0 Å². The predicted molar refractivity (Wildman–Crippen MR) is 186 cm³/mol. The maximum atomic E-state index is 2.71. The zero-order chi connectivity index (χ0) is 29.5. The Morgan fingerprint density at radius 1 is 0.317 bits per heavy atom. The van der Waals surface area contributed by atoms with Crippen molar-refractivity contribution in [3.05, 3.63) is 12.4 Å². The van der Waals surface area contributed by atoms with Crippen LogP contribution < -0.4 is 0 Å². The minimum atomic E-state index is 0.640. The van der Waals surface area contributed by atoms with Gasteiger partial charge in [0, 0.05) is 25.5 Å². The van der Waals surface area contributed by atoms with Crippen LogP contribution in [0, 0.1) is 0 Å². The fraction of sp³-hybridized carbons (Fsp3) is 0.949. The zero-order valence-electron chi connectivity index (χ0n) is 29.0. The predicted octanol–water partition coefficient (Wildman–Crippen LogP) is 13.6. The smallest absolute Gasteiger partial charge is 0.101 e. The molecule has 0 aromatic carbocycles. The molecule has 0 bridgehead atoms. The summed E-state index contributed by atoms with van der Waals surface area (Å²) in [4.78, 5) is 5.42. The summed E-state index contributed by atoms with van der Waals surface area (Å²) in [6.07, 6.45) is 49.9. The highest BCUT2D eigenvalue weighted by molar-refractivity contribution is 4.97. The van der Waals surface area contributed by atoms with Crippen LogP contribution in [-0.4, -0.2) is 29.1 Å². The van der Waals surface area contributed by atoms with Crippen LogP contribution in [0.1, 0.15) is 220 Å². The molecule has 1 rings (SSSR count). The molecule has 0 spiro atoms. The average molecular weight is 575 g/mol. The first-order valence-electron chi connectivity index (χ1n) is 19.5. The highest BCUT2D eigenvalue weighted by Crippen LogP contribution is 2.24. The maximum absolute atomic E-state index is 2.71. The standard InChI is InChI=1S/C39H78N2/c1-4-7-10-13-16-18-19-20-21-22-23-25-28-31-34-39-40(35-32-29-26-15-12-9-6-3)37-38-41(39)36-33-30-27-24-17-14-11-8-5-2/h37-39H,4-36H2,1-3H3. The molecule has 0 N–H and O–H groups in total. The van der Waals surface area contributed by atoms with E-state index >= 15 is 0 Å². The van der Waals surface area contributed by atoms with E-state index in [4.69, 9.17) is 0 Å². The molecule has 1 aliphatic heterocycles. The lowest BCUT2D eigenvalue weighted by atomic mass is 10.0. The molecule has 0 aliphatic carbocycles. The molecule has 41 heavy (non-hydrogen) atoms. The summed E-state index contributed by atoms with van der Waals surface area (Å²) >= 11 is 0. The molecule has 0 fully saturated rings. The molecule has 0 aromatic rings. The quantitative estimate of drug-likeness (QED) is 0.0719. The third kappa shape index (κ3) is 23.5. The summed E-state index contributed by atoms with van der Waals surface area (Å²) in [6.45, 7) is 9.48. The van der Waals surface area contributed by atoms with Crippen LogP contribution in [0.3, 0.4) is 0 Å². The Morgan fingerprint density at radius 3 is 0.854 bits per heavy atom. The number of hydrogen-bond donors (Lipinski definition) is 0. The normalized spacial score (nSPS) is 15.0. The molecule has 0 saturated heterocycles. The highest BCUT2D eigenvalue weighted by Gasteiger charge is 2.24. The molecule has 2 heteroatoms. The lowest BCUT2D eigenvalue weighted by Crippen LogP contribution is -2.39. The van der Waals surface area contributed by atoms with Gasteiger partial charge in [0.2, 0.25) is 0 Å². The number of rotatable bonds is 33. The number of hydrogen-bond acceptors (Lipinski definition) is 2. The Labute approximate surface area is 260 Å². The van der Waals surface area contributed by atoms with Crippen LogP contribution in [0.4, 0.5) is 0 Å². The van der Waals surface area contributed by atoms with Crippen molar-refractivity contribution in [2.45, 2.75) is 226 Å². The van der Waals surface area contributed by atoms with E-state index in [0.29, 0.717) is 6.17 Å². The minimum absolute atomic E-state index is 0.640. The number of unbranched alkanes of at least 4 members (excludes halogenated alkanes) is 27. The second-order valence-electron chi connectivity index (χ2n) is 13.6. The van der Waals surface area contributed by atoms with Crippen LogP contribution in [0.2, 0.25) is 0 Å². The summed E-state index contributed by atoms with van der Waals surface area (Å²) in [7, 11) is 0. The van der Waals surface area contributed by atoms with E-state index < -0.39 is 0 Å². The maximum Gasteiger partial charge on any atom is 0.101 e. The topological polar surface area (TPSA) is 6.48 Å². The van der Waals surface area contributed by atoms with Crippen molar-refractivity contribution in [1.82, 2.24) is 9.80 Å². The van der Waals surface area contributed by atoms with E-state index in [1.165, 1.54) is 212 Å². The summed E-state index contributed by atoms with van der Waals surface area (Å²) < 4.78 is 0. The van der Waals surface area contributed by atoms with Gasteiger partial charge in [0.15, 0.2) is 0 Å². The minimum Gasteiger partial charge on any atom is -0.356 e.